The highest BCUT2D eigenvalue weighted by Crippen LogP contribution is 2.30. The van der Waals surface area contributed by atoms with Crippen LogP contribution in [-0.2, 0) is 11.0 Å². The number of nitrogens with two attached hydrogens (primary N) is 1. The fourth-order valence-electron chi connectivity index (χ4n) is 1.74. The van der Waals surface area contributed by atoms with Crippen LogP contribution in [0.4, 0.5) is 13.2 Å². The second kappa shape index (κ2) is 6.05. The van der Waals surface area contributed by atoms with Crippen LogP contribution in [0.2, 0.25) is 0 Å². The number of carbonyl (C=O) groups excluding carboxylic acids is 1. The third-order valence-corrected chi connectivity index (χ3v) is 3.31. The fourth-order valence-corrected chi connectivity index (χ4v) is 1.74. The molecule has 0 bridgehead atoms. The molecule has 2 unspecified atom stereocenters. The molecule has 1 amide bonds. The lowest BCUT2D eigenvalue weighted by atomic mass is 9.86. The van der Waals surface area contributed by atoms with Crippen molar-refractivity contribution in [1.29, 1.82) is 0 Å². The number of halogens is 3. The number of hydrogen-bond donors (Lipinski definition) is 2. The summed E-state index contributed by atoms with van der Waals surface area (Å²) in [7, 11) is 0. The van der Waals surface area contributed by atoms with E-state index in [1.807, 2.05) is 20.8 Å². The second-order valence-corrected chi connectivity index (χ2v) is 6.19. The van der Waals surface area contributed by atoms with Gasteiger partial charge in [-0.1, -0.05) is 32.9 Å². The maximum Gasteiger partial charge on any atom is 0.416 e. The molecule has 0 heterocycles. The molecule has 2 atom stereocenters. The maximum absolute atomic E-state index is 12.5. The van der Waals surface area contributed by atoms with Crippen LogP contribution in [-0.4, -0.2) is 11.9 Å². The van der Waals surface area contributed by atoms with Crippen LogP contribution < -0.4 is 11.1 Å². The summed E-state index contributed by atoms with van der Waals surface area (Å²) >= 11 is 0. The first kappa shape index (κ1) is 17.5. The van der Waals surface area contributed by atoms with Crippen molar-refractivity contribution >= 4 is 5.91 Å². The second-order valence-electron chi connectivity index (χ2n) is 6.19. The lowest BCUT2D eigenvalue weighted by molar-refractivity contribution is -0.137. The Morgan fingerprint density at radius 3 is 2.00 bits per heavy atom. The van der Waals surface area contributed by atoms with E-state index in [0.29, 0.717) is 5.56 Å². The van der Waals surface area contributed by atoms with Crippen LogP contribution in [0.15, 0.2) is 24.3 Å². The summed E-state index contributed by atoms with van der Waals surface area (Å²) < 4.78 is 37.4. The Morgan fingerprint density at radius 1 is 1.14 bits per heavy atom. The number of hydrogen-bond acceptors (Lipinski definition) is 2. The van der Waals surface area contributed by atoms with Crippen molar-refractivity contribution in [3.05, 3.63) is 35.4 Å². The first-order valence-corrected chi connectivity index (χ1v) is 6.66. The average molecular weight is 302 g/mol. The van der Waals surface area contributed by atoms with Gasteiger partial charge in [-0.15, -0.1) is 0 Å². The van der Waals surface area contributed by atoms with Crippen molar-refractivity contribution in [2.75, 3.05) is 0 Å². The molecule has 0 radical (unpaired) electrons. The molecule has 0 saturated carbocycles. The molecule has 1 rings (SSSR count). The van der Waals surface area contributed by atoms with E-state index in [-0.39, 0.29) is 11.3 Å². The van der Waals surface area contributed by atoms with Crippen molar-refractivity contribution in [1.82, 2.24) is 5.32 Å². The molecule has 3 N–H and O–H groups in total. The van der Waals surface area contributed by atoms with E-state index in [0.717, 1.165) is 12.1 Å². The summed E-state index contributed by atoms with van der Waals surface area (Å²) in [5.41, 5.74) is 5.34. The average Bonchev–Trinajstić information content (AvgIpc) is 2.35. The highest BCUT2D eigenvalue weighted by atomic mass is 19.4. The minimum Gasteiger partial charge on any atom is -0.348 e. The first-order valence-electron chi connectivity index (χ1n) is 6.66. The van der Waals surface area contributed by atoms with Gasteiger partial charge in [0.25, 0.3) is 0 Å². The number of amides is 1. The van der Waals surface area contributed by atoms with Crippen LogP contribution in [0.1, 0.15) is 44.9 Å². The number of nitrogens with one attached hydrogen (secondary N) is 1. The molecule has 3 nitrogen and oxygen atoms in total. The smallest absolute Gasteiger partial charge is 0.348 e. The highest BCUT2D eigenvalue weighted by Gasteiger charge is 2.31. The van der Waals surface area contributed by atoms with Crippen molar-refractivity contribution in [3.63, 3.8) is 0 Å². The van der Waals surface area contributed by atoms with Gasteiger partial charge in [0.1, 0.15) is 0 Å². The molecule has 118 valence electrons. The monoisotopic (exact) mass is 302 g/mol. The summed E-state index contributed by atoms with van der Waals surface area (Å²) in [6.45, 7) is 7.25. The van der Waals surface area contributed by atoms with Gasteiger partial charge in [-0.3, -0.25) is 4.79 Å². The molecule has 0 fully saturated rings. The SMILES string of the molecule is CC(NC(=O)C(N)C(C)(C)C)c1ccc(C(F)(F)F)cc1. The number of alkyl halides is 3. The van der Waals surface area contributed by atoms with Crippen molar-refractivity contribution in [2.45, 2.75) is 46.0 Å². The number of carbonyl (C=O) groups is 1. The Hall–Kier alpha value is -1.56. The largest absolute Gasteiger partial charge is 0.416 e. The van der Waals surface area contributed by atoms with Crippen molar-refractivity contribution in [2.24, 2.45) is 11.1 Å². The molecular formula is C15H21F3N2O. The van der Waals surface area contributed by atoms with Gasteiger partial charge in [-0.25, -0.2) is 0 Å². The van der Waals surface area contributed by atoms with Gasteiger partial charge in [0.05, 0.1) is 17.6 Å². The summed E-state index contributed by atoms with van der Waals surface area (Å²) in [5.74, 6) is -0.324. The molecule has 0 aromatic heterocycles. The zero-order valence-electron chi connectivity index (χ0n) is 12.6. The van der Waals surface area contributed by atoms with Crippen LogP contribution in [0, 0.1) is 5.41 Å². The molecule has 0 aliphatic carbocycles. The minimum atomic E-state index is -4.36. The molecule has 0 aliphatic heterocycles. The Labute approximate surface area is 122 Å². The zero-order chi connectivity index (χ0) is 16.4. The highest BCUT2D eigenvalue weighted by molar-refractivity contribution is 5.82. The van der Waals surface area contributed by atoms with Gasteiger partial charge < -0.3 is 11.1 Å². The van der Waals surface area contributed by atoms with Crippen LogP contribution in [0.5, 0.6) is 0 Å². The van der Waals surface area contributed by atoms with Crippen molar-refractivity contribution < 1.29 is 18.0 Å². The van der Waals surface area contributed by atoms with Crippen molar-refractivity contribution in [3.8, 4) is 0 Å². The summed E-state index contributed by atoms with van der Waals surface area (Å²) in [4.78, 5) is 12.0. The molecule has 1 aromatic rings. The molecule has 1 aromatic carbocycles. The van der Waals surface area contributed by atoms with E-state index in [4.69, 9.17) is 5.73 Å². The standard InChI is InChI=1S/C15H21F3N2O/c1-9(20-13(21)12(19)14(2,3)4)10-5-7-11(8-6-10)15(16,17)18/h5-9,12H,19H2,1-4H3,(H,20,21). The predicted octanol–water partition coefficient (Wildman–Crippen LogP) is 3.26. The summed E-state index contributed by atoms with van der Waals surface area (Å²) in [6, 6.07) is 3.62. The predicted molar refractivity (Wildman–Crippen MR) is 75.4 cm³/mol. The number of rotatable bonds is 3. The zero-order valence-corrected chi connectivity index (χ0v) is 12.6. The van der Waals surface area contributed by atoms with Crippen LogP contribution in [0.3, 0.4) is 0 Å². The molecule has 0 spiro atoms. The maximum atomic E-state index is 12.5. The lowest BCUT2D eigenvalue weighted by Gasteiger charge is -2.27. The van der Waals surface area contributed by atoms with Crippen LogP contribution in [0.25, 0.3) is 0 Å². The quantitative estimate of drug-likeness (QED) is 0.900. The first-order chi connectivity index (χ1) is 9.43. The minimum absolute atomic E-state index is 0.324. The van der Waals surface area contributed by atoms with E-state index in [2.05, 4.69) is 5.32 Å². The normalized spacial score (nSPS) is 15.4. The fraction of sp³-hybridized carbons (Fsp3) is 0.533. The lowest BCUT2D eigenvalue weighted by Crippen LogP contribution is -2.49. The van der Waals surface area contributed by atoms with E-state index >= 15 is 0 Å². The van der Waals surface area contributed by atoms with E-state index < -0.39 is 23.8 Å². The molecule has 21 heavy (non-hydrogen) atoms. The summed E-state index contributed by atoms with van der Waals surface area (Å²) in [5, 5.41) is 2.72. The van der Waals surface area contributed by atoms with Gasteiger partial charge in [-0.05, 0) is 30.0 Å². The summed E-state index contributed by atoms with van der Waals surface area (Å²) in [6.07, 6.45) is -4.36. The van der Waals surface area contributed by atoms with Gasteiger partial charge in [0, 0.05) is 0 Å². The third kappa shape index (κ3) is 4.74. The number of benzene rings is 1. The Bertz CT molecular complexity index is 489. The Kier molecular flexibility index (Phi) is 5.04. The Morgan fingerprint density at radius 2 is 1.62 bits per heavy atom. The van der Waals surface area contributed by atoms with Gasteiger partial charge in [0.2, 0.25) is 5.91 Å². The Balaban J connectivity index is 2.77. The molecular weight excluding hydrogens is 281 g/mol. The van der Waals surface area contributed by atoms with E-state index in [9.17, 15) is 18.0 Å². The van der Waals surface area contributed by atoms with Crippen LogP contribution >= 0.6 is 0 Å². The van der Waals surface area contributed by atoms with E-state index in [1.54, 1.807) is 6.92 Å². The topological polar surface area (TPSA) is 55.1 Å². The van der Waals surface area contributed by atoms with Gasteiger partial charge in [0.15, 0.2) is 0 Å². The molecule has 0 aliphatic rings. The van der Waals surface area contributed by atoms with E-state index in [1.165, 1.54) is 12.1 Å². The third-order valence-electron chi connectivity index (χ3n) is 3.31. The molecule has 0 saturated heterocycles. The van der Waals surface area contributed by atoms with Gasteiger partial charge in [-0.2, -0.15) is 13.2 Å². The molecule has 6 heteroatoms. The van der Waals surface area contributed by atoms with Gasteiger partial charge >= 0.3 is 6.18 Å².